The van der Waals surface area contributed by atoms with Crippen LogP contribution in [0.4, 0.5) is 5.69 Å². The monoisotopic (exact) mass is 416 g/mol. The zero-order valence-electron chi connectivity index (χ0n) is 17.3. The van der Waals surface area contributed by atoms with Gasteiger partial charge in [-0.3, -0.25) is 9.10 Å². The highest BCUT2D eigenvalue weighted by atomic mass is 32.2. The average molecular weight is 417 g/mol. The van der Waals surface area contributed by atoms with Crippen molar-refractivity contribution in [2.45, 2.75) is 45.2 Å². The van der Waals surface area contributed by atoms with Gasteiger partial charge in [-0.05, 0) is 61.9 Å². The van der Waals surface area contributed by atoms with E-state index in [1.54, 1.807) is 31.2 Å². The maximum Gasteiger partial charge on any atom is 0.244 e. The summed E-state index contributed by atoms with van der Waals surface area (Å²) in [6.45, 7) is 3.50. The Morgan fingerprint density at radius 2 is 1.83 bits per heavy atom. The lowest BCUT2D eigenvalue weighted by Crippen LogP contribution is -2.48. The lowest BCUT2D eigenvalue weighted by Gasteiger charge is -2.29. The van der Waals surface area contributed by atoms with Crippen LogP contribution in [0.2, 0.25) is 0 Å². The van der Waals surface area contributed by atoms with Crippen molar-refractivity contribution in [1.29, 1.82) is 0 Å². The number of fused-ring (bicyclic) bond motifs is 1. The topological polar surface area (TPSA) is 75.7 Å². The SMILES string of the molecule is COc1cccc(N(C(C)C(=O)NC(C)c2ccc3c(c2)CCC3)S(C)(=O)=O)c1. The molecule has 0 saturated heterocycles. The number of nitrogens with zero attached hydrogens (tertiary/aromatic N) is 1. The van der Waals surface area contributed by atoms with Gasteiger partial charge in [0.25, 0.3) is 0 Å². The van der Waals surface area contributed by atoms with E-state index in [-0.39, 0.29) is 11.9 Å². The lowest BCUT2D eigenvalue weighted by atomic mass is 10.0. The first kappa shape index (κ1) is 21.2. The molecule has 0 bridgehead atoms. The van der Waals surface area contributed by atoms with Crippen molar-refractivity contribution in [3.05, 3.63) is 59.2 Å². The Bertz CT molecular complexity index is 1000. The number of carbonyl (C=O) groups is 1. The molecule has 2 aromatic carbocycles. The summed E-state index contributed by atoms with van der Waals surface area (Å²) in [4.78, 5) is 12.9. The van der Waals surface area contributed by atoms with Crippen molar-refractivity contribution < 1.29 is 17.9 Å². The molecule has 0 radical (unpaired) electrons. The van der Waals surface area contributed by atoms with Crippen LogP contribution in [0, 0.1) is 0 Å². The third-order valence-electron chi connectivity index (χ3n) is 5.38. The molecule has 2 atom stereocenters. The molecule has 0 heterocycles. The quantitative estimate of drug-likeness (QED) is 0.752. The molecule has 0 fully saturated rings. The second-order valence-corrected chi connectivity index (χ2v) is 9.41. The first-order valence-electron chi connectivity index (χ1n) is 9.76. The van der Waals surface area contributed by atoms with E-state index in [0.29, 0.717) is 11.4 Å². The number of aryl methyl sites for hydroxylation is 2. The largest absolute Gasteiger partial charge is 0.497 e. The van der Waals surface area contributed by atoms with Crippen molar-refractivity contribution >= 4 is 21.6 Å². The van der Waals surface area contributed by atoms with Gasteiger partial charge in [-0.25, -0.2) is 8.42 Å². The van der Waals surface area contributed by atoms with Crippen LogP contribution >= 0.6 is 0 Å². The summed E-state index contributed by atoms with van der Waals surface area (Å²) in [6.07, 6.45) is 4.44. The predicted molar refractivity (Wildman–Crippen MR) is 115 cm³/mol. The maximum absolute atomic E-state index is 12.9. The number of rotatable bonds is 7. The highest BCUT2D eigenvalue weighted by Gasteiger charge is 2.30. The van der Waals surface area contributed by atoms with E-state index in [0.717, 1.165) is 29.0 Å². The fourth-order valence-electron chi connectivity index (χ4n) is 3.83. The van der Waals surface area contributed by atoms with E-state index in [9.17, 15) is 13.2 Å². The Kier molecular flexibility index (Phi) is 6.17. The number of sulfonamides is 1. The van der Waals surface area contributed by atoms with Crippen LogP contribution in [0.3, 0.4) is 0 Å². The first-order valence-corrected chi connectivity index (χ1v) is 11.6. The van der Waals surface area contributed by atoms with Crippen molar-refractivity contribution in [2.75, 3.05) is 17.7 Å². The Hall–Kier alpha value is -2.54. The molecule has 29 heavy (non-hydrogen) atoms. The molecule has 2 unspecified atom stereocenters. The van der Waals surface area contributed by atoms with Gasteiger partial charge < -0.3 is 10.1 Å². The summed E-state index contributed by atoms with van der Waals surface area (Å²) >= 11 is 0. The van der Waals surface area contributed by atoms with Crippen LogP contribution in [0.1, 0.15) is 43.0 Å². The van der Waals surface area contributed by atoms with Crippen LogP contribution in [0.15, 0.2) is 42.5 Å². The minimum Gasteiger partial charge on any atom is -0.497 e. The van der Waals surface area contributed by atoms with E-state index >= 15 is 0 Å². The molecule has 1 N–H and O–H groups in total. The number of hydrogen-bond donors (Lipinski definition) is 1. The van der Waals surface area contributed by atoms with E-state index in [1.807, 2.05) is 13.0 Å². The summed E-state index contributed by atoms with van der Waals surface area (Å²) in [6, 6.07) is 11.9. The Morgan fingerprint density at radius 1 is 1.10 bits per heavy atom. The molecule has 0 aromatic heterocycles. The third-order valence-corrected chi connectivity index (χ3v) is 6.62. The van der Waals surface area contributed by atoms with Gasteiger partial charge in [-0.2, -0.15) is 0 Å². The van der Waals surface area contributed by atoms with Gasteiger partial charge in [0.1, 0.15) is 11.8 Å². The van der Waals surface area contributed by atoms with Crippen molar-refractivity contribution in [2.24, 2.45) is 0 Å². The summed E-state index contributed by atoms with van der Waals surface area (Å²) in [5, 5.41) is 2.96. The predicted octanol–water partition coefficient (Wildman–Crippen LogP) is 3.22. The first-order chi connectivity index (χ1) is 13.7. The van der Waals surface area contributed by atoms with E-state index in [4.69, 9.17) is 4.74 Å². The zero-order valence-corrected chi connectivity index (χ0v) is 18.1. The van der Waals surface area contributed by atoms with Gasteiger partial charge in [0.15, 0.2) is 0 Å². The van der Waals surface area contributed by atoms with Gasteiger partial charge in [-0.1, -0.05) is 24.3 Å². The molecule has 156 valence electrons. The van der Waals surface area contributed by atoms with Crippen LogP contribution in [-0.2, 0) is 27.7 Å². The highest BCUT2D eigenvalue weighted by molar-refractivity contribution is 7.92. The molecule has 1 aliphatic carbocycles. The number of benzene rings is 2. The second kappa shape index (κ2) is 8.45. The number of carbonyl (C=O) groups excluding carboxylic acids is 1. The normalized spacial score (nSPS) is 15.3. The molecule has 0 saturated carbocycles. The lowest BCUT2D eigenvalue weighted by molar-refractivity contribution is -0.122. The van der Waals surface area contributed by atoms with Crippen LogP contribution in [-0.4, -0.2) is 33.7 Å². The fraction of sp³-hybridized carbons (Fsp3) is 0.409. The third kappa shape index (κ3) is 4.72. The highest BCUT2D eigenvalue weighted by Crippen LogP contribution is 2.27. The van der Waals surface area contributed by atoms with Gasteiger partial charge in [-0.15, -0.1) is 0 Å². The van der Waals surface area contributed by atoms with Crippen LogP contribution in [0.5, 0.6) is 5.75 Å². The van der Waals surface area contributed by atoms with Crippen LogP contribution in [0.25, 0.3) is 0 Å². The van der Waals surface area contributed by atoms with E-state index in [1.165, 1.54) is 24.7 Å². The average Bonchev–Trinajstić information content (AvgIpc) is 3.14. The molecule has 0 aliphatic heterocycles. The van der Waals surface area contributed by atoms with Gasteiger partial charge in [0.2, 0.25) is 15.9 Å². The van der Waals surface area contributed by atoms with Crippen molar-refractivity contribution in [3.63, 3.8) is 0 Å². The molecule has 1 amide bonds. The molecule has 6 nitrogen and oxygen atoms in total. The summed E-state index contributed by atoms with van der Waals surface area (Å²) in [7, 11) is -2.17. The molecular formula is C22H28N2O4S. The minimum atomic E-state index is -3.68. The summed E-state index contributed by atoms with van der Waals surface area (Å²) in [5.74, 6) is 0.168. The number of methoxy groups -OCH3 is 1. The Balaban J connectivity index is 1.80. The molecule has 3 rings (SSSR count). The number of anilines is 1. The number of ether oxygens (including phenoxy) is 1. The van der Waals surface area contributed by atoms with Crippen LogP contribution < -0.4 is 14.4 Å². The number of amides is 1. The van der Waals surface area contributed by atoms with E-state index < -0.39 is 16.1 Å². The second-order valence-electron chi connectivity index (χ2n) is 7.55. The Morgan fingerprint density at radius 3 is 2.52 bits per heavy atom. The van der Waals surface area contributed by atoms with E-state index in [2.05, 4.69) is 17.4 Å². The fourth-order valence-corrected chi connectivity index (χ4v) is 5.00. The van der Waals surface area contributed by atoms with Crippen molar-refractivity contribution in [1.82, 2.24) is 5.32 Å². The van der Waals surface area contributed by atoms with Gasteiger partial charge >= 0.3 is 0 Å². The Labute approximate surface area is 172 Å². The minimum absolute atomic E-state index is 0.220. The standard InChI is InChI=1S/C22H28N2O4S/c1-15(18-12-11-17-7-5-8-19(17)13-18)23-22(25)16(2)24(29(4,26)27)20-9-6-10-21(14-20)28-3/h6,9-16H,5,7-8H2,1-4H3,(H,23,25). The van der Waals surface area contributed by atoms with Gasteiger partial charge in [0.05, 0.1) is 25.1 Å². The summed E-state index contributed by atoms with van der Waals surface area (Å²) < 4.78 is 31.3. The molecule has 1 aliphatic rings. The smallest absolute Gasteiger partial charge is 0.244 e. The molecule has 7 heteroatoms. The zero-order chi connectivity index (χ0) is 21.2. The molecular weight excluding hydrogens is 388 g/mol. The van der Waals surface area contributed by atoms with Crippen molar-refractivity contribution in [3.8, 4) is 5.75 Å². The molecule has 2 aromatic rings. The number of nitrogens with one attached hydrogen (secondary N) is 1. The summed E-state index contributed by atoms with van der Waals surface area (Å²) in [5.41, 5.74) is 4.13. The number of hydrogen-bond acceptors (Lipinski definition) is 4. The van der Waals surface area contributed by atoms with Gasteiger partial charge in [0, 0.05) is 6.07 Å². The molecule has 0 spiro atoms. The maximum atomic E-state index is 12.9.